The van der Waals surface area contributed by atoms with Crippen molar-refractivity contribution in [3.8, 4) is 0 Å². The molecule has 1 fully saturated rings. The number of carbonyl (C=O) groups excluding carboxylic acids is 2. The van der Waals surface area contributed by atoms with Crippen LogP contribution in [0.5, 0.6) is 0 Å². The Labute approximate surface area is 134 Å². The second kappa shape index (κ2) is 5.65. The average molecular weight is 309 g/mol. The van der Waals surface area contributed by atoms with E-state index in [9.17, 15) is 9.59 Å². The van der Waals surface area contributed by atoms with Crippen molar-refractivity contribution >= 4 is 22.7 Å². The van der Waals surface area contributed by atoms with Crippen LogP contribution in [0.15, 0.2) is 24.3 Å². The molecule has 0 saturated carbocycles. The number of para-hydroxylation sites is 1. The lowest BCUT2D eigenvalue weighted by atomic mass is 9.99. The number of aromatic nitrogens is 1. The molecule has 2 aliphatic rings. The Balaban J connectivity index is 1.75. The van der Waals surface area contributed by atoms with Crippen LogP contribution in [0.25, 0.3) is 10.9 Å². The quantitative estimate of drug-likeness (QED) is 0.887. The van der Waals surface area contributed by atoms with Crippen LogP contribution in [0.1, 0.15) is 40.9 Å². The predicted octanol–water partition coefficient (Wildman–Crippen LogP) is 1.73. The summed E-state index contributed by atoms with van der Waals surface area (Å²) in [4.78, 5) is 29.5. The Kier molecular flexibility index (Phi) is 3.48. The molecule has 1 unspecified atom stereocenters. The lowest BCUT2D eigenvalue weighted by molar-refractivity contribution is -0.124. The van der Waals surface area contributed by atoms with E-state index < -0.39 is 6.04 Å². The van der Waals surface area contributed by atoms with E-state index in [1.54, 1.807) is 0 Å². The molecule has 1 saturated heterocycles. The van der Waals surface area contributed by atoms with Crippen LogP contribution in [-0.4, -0.2) is 29.4 Å². The van der Waals surface area contributed by atoms with Crippen molar-refractivity contribution in [2.24, 2.45) is 0 Å². The summed E-state index contributed by atoms with van der Waals surface area (Å²) < 4.78 is 0. The van der Waals surface area contributed by atoms with Gasteiger partial charge in [-0.3, -0.25) is 14.6 Å². The standard InChI is InChI=1S/C18H19N3O2/c22-17-15(9-4-10-19-17)21-18(23)16-11-5-1-2-7-13(11)20-14-8-3-6-12(14)16/h1-2,5,7,15H,3-4,6,8-10H2,(H,19,22)(H,21,23). The van der Waals surface area contributed by atoms with E-state index in [-0.39, 0.29) is 11.8 Å². The number of hydrogen-bond donors (Lipinski definition) is 2. The first-order valence-electron chi connectivity index (χ1n) is 8.23. The first kappa shape index (κ1) is 14.2. The van der Waals surface area contributed by atoms with Crippen molar-refractivity contribution in [3.63, 3.8) is 0 Å². The second-order valence-electron chi connectivity index (χ2n) is 6.24. The van der Waals surface area contributed by atoms with E-state index in [0.717, 1.165) is 47.8 Å². The average Bonchev–Trinajstić information content (AvgIpc) is 3.02. The molecule has 5 heteroatoms. The highest BCUT2D eigenvalue weighted by Crippen LogP contribution is 2.30. The number of hydrogen-bond acceptors (Lipinski definition) is 3. The van der Waals surface area contributed by atoms with Crippen LogP contribution in [-0.2, 0) is 17.6 Å². The highest BCUT2D eigenvalue weighted by Gasteiger charge is 2.28. The van der Waals surface area contributed by atoms with E-state index in [0.29, 0.717) is 18.5 Å². The van der Waals surface area contributed by atoms with Gasteiger partial charge >= 0.3 is 0 Å². The minimum atomic E-state index is -0.430. The van der Waals surface area contributed by atoms with E-state index in [1.165, 1.54) is 0 Å². The third kappa shape index (κ3) is 2.46. The number of benzene rings is 1. The molecule has 0 bridgehead atoms. The van der Waals surface area contributed by atoms with Gasteiger partial charge in [0.15, 0.2) is 0 Å². The molecule has 2 heterocycles. The number of aryl methyl sites for hydroxylation is 1. The van der Waals surface area contributed by atoms with Gasteiger partial charge in [-0.25, -0.2) is 0 Å². The summed E-state index contributed by atoms with van der Waals surface area (Å²) in [7, 11) is 0. The van der Waals surface area contributed by atoms with Crippen LogP contribution in [0.4, 0.5) is 0 Å². The zero-order valence-corrected chi connectivity index (χ0v) is 12.9. The summed E-state index contributed by atoms with van der Waals surface area (Å²) in [5, 5.41) is 6.62. The minimum Gasteiger partial charge on any atom is -0.354 e. The molecule has 118 valence electrons. The Morgan fingerprint density at radius 3 is 2.96 bits per heavy atom. The second-order valence-corrected chi connectivity index (χ2v) is 6.24. The van der Waals surface area contributed by atoms with Crippen LogP contribution in [0.3, 0.4) is 0 Å². The van der Waals surface area contributed by atoms with Crippen LogP contribution in [0, 0.1) is 0 Å². The summed E-state index contributed by atoms with van der Waals surface area (Å²) in [5.74, 6) is -0.233. The number of nitrogens with zero attached hydrogens (tertiary/aromatic N) is 1. The fraction of sp³-hybridized carbons (Fsp3) is 0.389. The van der Waals surface area contributed by atoms with E-state index in [2.05, 4.69) is 10.6 Å². The smallest absolute Gasteiger partial charge is 0.252 e. The summed E-state index contributed by atoms with van der Waals surface area (Å²) in [6, 6.07) is 7.32. The van der Waals surface area contributed by atoms with Crippen molar-refractivity contribution in [2.75, 3.05) is 6.54 Å². The minimum absolute atomic E-state index is 0.0837. The molecule has 1 aliphatic heterocycles. The Bertz CT molecular complexity index is 800. The van der Waals surface area contributed by atoms with Crippen molar-refractivity contribution in [1.29, 1.82) is 0 Å². The van der Waals surface area contributed by atoms with Gasteiger partial charge in [0.25, 0.3) is 5.91 Å². The lowest BCUT2D eigenvalue weighted by Gasteiger charge is -2.23. The fourth-order valence-electron chi connectivity index (χ4n) is 3.61. The Morgan fingerprint density at radius 2 is 2.09 bits per heavy atom. The molecule has 2 aromatic rings. The third-order valence-corrected chi connectivity index (χ3v) is 4.74. The van der Waals surface area contributed by atoms with E-state index in [4.69, 9.17) is 4.98 Å². The van der Waals surface area contributed by atoms with Gasteiger partial charge in [0.1, 0.15) is 6.04 Å². The predicted molar refractivity (Wildman–Crippen MR) is 87.3 cm³/mol. The fourth-order valence-corrected chi connectivity index (χ4v) is 3.61. The summed E-state index contributed by atoms with van der Waals surface area (Å²) in [5.41, 5.74) is 3.65. The molecule has 2 N–H and O–H groups in total. The molecule has 1 aromatic carbocycles. The number of amides is 2. The molecular weight excluding hydrogens is 290 g/mol. The molecule has 23 heavy (non-hydrogen) atoms. The normalized spacial score (nSPS) is 20.2. The zero-order chi connectivity index (χ0) is 15.8. The van der Waals surface area contributed by atoms with E-state index in [1.807, 2.05) is 24.3 Å². The first-order valence-corrected chi connectivity index (χ1v) is 8.23. The van der Waals surface area contributed by atoms with Crippen molar-refractivity contribution in [1.82, 2.24) is 15.6 Å². The monoisotopic (exact) mass is 309 g/mol. The molecule has 0 radical (unpaired) electrons. The van der Waals surface area contributed by atoms with Crippen LogP contribution in [0.2, 0.25) is 0 Å². The summed E-state index contributed by atoms with van der Waals surface area (Å²) in [6.07, 6.45) is 4.43. The zero-order valence-electron chi connectivity index (χ0n) is 12.9. The maximum atomic E-state index is 12.9. The molecular formula is C18H19N3O2. The molecule has 2 amide bonds. The third-order valence-electron chi connectivity index (χ3n) is 4.74. The van der Waals surface area contributed by atoms with Gasteiger partial charge in [0.05, 0.1) is 11.1 Å². The van der Waals surface area contributed by atoms with Gasteiger partial charge < -0.3 is 10.6 Å². The first-order chi connectivity index (χ1) is 11.2. The van der Waals surface area contributed by atoms with Gasteiger partial charge in [0.2, 0.25) is 5.91 Å². The molecule has 1 aliphatic carbocycles. The van der Waals surface area contributed by atoms with Gasteiger partial charge in [-0.1, -0.05) is 18.2 Å². The maximum Gasteiger partial charge on any atom is 0.252 e. The summed E-state index contributed by atoms with van der Waals surface area (Å²) in [6.45, 7) is 0.693. The molecule has 1 atom stereocenters. The van der Waals surface area contributed by atoms with Gasteiger partial charge in [-0.15, -0.1) is 0 Å². The topological polar surface area (TPSA) is 71.1 Å². The number of nitrogens with one attached hydrogen (secondary N) is 2. The molecule has 0 spiro atoms. The number of carbonyl (C=O) groups is 2. The number of pyridine rings is 1. The lowest BCUT2D eigenvalue weighted by Crippen LogP contribution is -2.50. The van der Waals surface area contributed by atoms with E-state index >= 15 is 0 Å². The number of fused-ring (bicyclic) bond motifs is 2. The van der Waals surface area contributed by atoms with Gasteiger partial charge in [-0.05, 0) is 43.7 Å². The van der Waals surface area contributed by atoms with Crippen LogP contribution < -0.4 is 10.6 Å². The molecule has 1 aromatic heterocycles. The number of rotatable bonds is 2. The Morgan fingerprint density at radius 1 is 1.22 bits per heavy atom. The van der Waals surface area contributed by atoms with Crippen molar-refractivity contribution < 1.29 is 9.59 Å². The maximum absolute atomic E-state index is 12.9. The van der Waals surface area contributed by atoms with Crippen LogP contribution >= 0.6 is 0 Å². The Hall–Kier alpha value is -2.43. The SMILES string of the molecule is O=C(NC1CCCNC1=O)c1c2c(nc3ccccc13)CCC2. The van der Waals surface area contributed by atoms with Crippen molar-refractivity contribution in [3.05, 3.63) is 41.1 Å². The summed E-state index contributed by atoms with van der Waals surface area (Å²) >= 11 is 0. The molecule has 5 nitrogen and oxygen atoms in total. The van der Waals surface area contributed by atoms with Crippen molar-refractivity contribution in [2.45, 2.75) is 38.1 Å². The van der Waals surface area contributed by atoms with Gasteiger partial charge in [-0.2, -0.15) is 0 Å². The number of piperidine rings is 1. The highest BCUT2D eigenvalue weighted by atomic mass is 16.2. The largest absolute Gasteiger partial charge is 0.354 e. The molecule has 4 rings (SSSR count). The van der Waals surface area contributed by atoms with Gasteiger partial charge in [0, 0.05) is 17.6 Å². The highest BCUT2D eigenvalue weighted by molar-refractivity contribution is 6.09.